The first-order valence-electron chi connectivity index (χ1n) is 5.15. The molecule has 3 N–H and O–H groups in total. The molecule has 2 aromatic carbocycles. The maximum Gasteiger partial charge on any atom is 0.184 e. The molecule has 0 spiro atoms. The summed E-state index contributed by atoms with van der Waals surface area (Å²) < 4.78 is 26.7. The monoisotopic (exact) mass is 234 g/mol. The molecule has 0 aliphatic carbocycles. The number of nitrogen functional groups attached to an aromatic ring is 1. The van der Waals surface area contributed by atoms with Gasteiger partial charge in [0, 0.05) is 5.69 Å². The Hall–Kier alpha value is -2.10. The molecule has 2 aromatic rings. The molecule has 17 heavy (non-hydrogen) atoms. The second-order valence-corrected chi connectivity index (χ2v) is 3.77. The minimum atomic E-state index is -0.965. The molecule has 0 saturated heterocycles. The van der Waals surface area contributed by atoms with Crippen molar-refractivity contribution < 1.29 is 8.78 Å². The highest BCUT2D eigenvalue weighted by atomic mass is 19.2. The zero-order valence-electron chi connectivity index (χ0n) is 9.30. The number of para-hydroxylation sites is 1. The smallest absolute Gasteiger partial charge is 0.184 e. The van der Waals surface area contributed by atoms with Crippen LogP contribution in [0.1, 0.15) is 5.56 Å². The van der Waals surface area contributed by atoms with Crippen LogP contribution in [-0.2, 0) is 0 Å². The largest absolute Gasteiger partial charge is 0.397 e. The lowest BCUT2D eigenvalue weighted by Crippen LogP contribution is -2.02. The molecular weight excluding hydrogens is 222 g/mol. The zero-order valence-corrected chi connectivity index (χ0v) is 9.30. The molecule has 4 heteroatoms. The first-order valence-corrected chi connectivity index (χ1v) is 5.15. The molecule has 0 heterocycles. The van der Waals surface area contributed by atoms with Crippen LogP contribution in [0.25, 0.3) is 0 Å². The van der Waals surface area contributed by atoms with Crippen molar-refractivity contribution in [3.63, 3.8) is 0 Å². The molecule has 0 fully saturated rings. The summed E-state index contributed by atoms with van der Waals surface area (Å²) in [5, 5.41) is 2.81. The fourth-order valence-electron chi connectivity index (χ4n) is 1.54. The van der Waals surface area contributed by atoms with Crippen molar-refractivity contribution in [2.75, 3.05) is 11.1 Å². The average molecular weight is 234 g/mol. The summed E-state index contributed by atoms with van der Waals surface area (Å²) in [4.78, 5) is 0. The van der Waals surface area contributed by atoms with Crippen LogP contribution in [0, 0.1) is 18.6 Å². The van der Waals surface area contributed by atoms with Crippen LogP contribution in [0.3, 0.4) is 0 Å². The van der Waals surface area contributed by atoms with Crippen molar-refractivity contribution in [1.82, 2.24) is 0 Å². The number of rotatable bonds is 2. The van der Waals surface area contributed by atoms with Crippen molar-refractivity contribution in [2.24, 2.45) is 0 Å². The highest BCUT2D eigenvalue weighted by molar-refractivity contribution is 5.74. The van der Waals surface area contributed by atoms with Gasteiger partial charge in [-0.25, -0.2) is 8.78 Å². The third-order valence-corrected chi connectivity index (χ3v) is 2.53. The maximum atomic E-state index is 13.6. The van der Waals surface area contributed by atoms with Gasteiger partial charge in [0.25, 0.3) is 0 Å². The quantitative estimate of drug-likeness (QED) is 0.779. The summed E-state index contributed by atoms with van der Waals surface area (Å²) in [5.74, 6) is -1.89. The second kappa shape index (κ2) is 4.41. The fraction of sp³-hybridized carbons (Fsp3) is 0.0769. The molecule has 0 aromatic heterocycles. The highest BCUT2D eigenvalue weighted by Crippen LogP contribution is 2.29. The highest BCUT2D eigenvalue weighted by Gasteiger charge is 2.12. The molecule has 0 bridgehead atoms. The Morgan fingerprint density at radius 2 is 1.76 bits per heavy atom. The van der Waals surface area contributed by atoms with E-state index in [2.05, 4.69) is 5.32 Å². The van der Waals surface area contributed by atoms with Gasteiger partial charge < -0.3 is 11.1 Å². The molecule has 2 rings (SSSR count). The van der Waals surface area contributed by atoms with Crippen LogP contribution in [-0.4, -0.2) is 0 Å². The molecule has 0 amide bonds. The van der Waals surface area contributed by atoms with E-state index < -0.39 is 11.6 Å². The molecule has 0 saturated carbocycles. The topological polar surface area (TPSA) is 38.0 Å². The van der Waals surface area contributed by atoms with Crippen molar-refractivity contribution in [1.29, 1.82) is 0 Å². The molecule has 0 unspecified atom stereocenters. The van der Waals surface area contributed by atoms with Crippen molar-refractivity contribution >= 4 is 17.1 Å². The lowest BCUT2D eigenvalue weighted by atomic mass is 10.2. The van der Waals surface area contributed by atoms with E-state index in [9.17, 15) is 8.78 Å². The predicted molar refractivity (Wildman–Crippen MR) is 65.2 cm³/mol. The molecule has 0 aliphatic rings. The molecule has 0 aliphatic heterocycles. The lowest BCUT2D eigenvalue weighted by Gasteiger charge is -2.12. The second-order valence-electron chi connectivity index (χ2n) is 3.77. The van der Waals surface area contributed by atoms with E-state index in [0.29, 0.717) is 5.69 Å². The Balaban J connectivity index is 2.43. The van der Waals surface area contributed by atoms with Crippen LogP contribution in [0.4, 0.5) is 25.8 Å². The van der Waals surface area contributed by atoms with Gasteiger partial charge in [-0.05, 0) is 30.7 Å². The number of nitrogens with one attached hydrogen (secondary N) is 1. The number of halogens is 2. The Morgan fingerprint density at radius 1 is 1.06 bits per heavy atom. The number of benzene rings is 2. The van der Waals surface area contributed by atoms with Gasteiger partial charge in [-0.2, -0.15) is 0 Å². The number of nitrogens with two attached hydrogens (primary N) is 1. The van der Waals surface area contributed by atoms with Gasteiger partial charge in [-0.3, -0.25) is 0 Å². The minimum Gasteiger partial charge on any atom is -0.397 e. The molecule has 0 atom stereocenters. The van der Waals surface area contributed by atoms with Gasteiger partial charge in [0.05, 0.1) is 5.69 Å². The van der Waals surface area contributed by atoms with E-state index in [1.807, 2.05) is 25.1 Å². The minimum absolute atomic E-state index is 0.0284. The van der Waals surface area contributed by atoms with E-state index >= 15 is 0 Å². The van der Waals surface area contributed by atoms with E-state index in [4.69, 9.17) is 5.73 Å². The van der Waals surface area contributed by atoms with Gasteiger partial charge in [-0.15, -0.1) is 0 Å². The fourth-order valence-corrected chi connectivity index (χ4v) is 1.54. The van der Waals surface area contributed by atoms with Crippen LogP contribution < -0.4 is 11.1 Å². The number of anilines is 3. The van der Waals surface area contributed by atoms with Crippen LogP contribution >= 0.6 is 0 Å². The first kappa shape index (κ1) is 11.4. The molecule has 2 nitrogen and oxygen atoms in total. The SMILES string of the molecule is Cc1ccccc1Nc1c(N)ccc(F)c1F. The Kier molecular flexibility index (Phi) is 2.95. The van der Waals surface area contributed by atoms with Gasteiger partial charge in [-0.1, -0.05) is 18.2 Å². The average Bonchev–Trinajstić information content (AvgIpc) is 2.32. The van der Waals surface area contributed by atoms with Crippen molar-refractivity contribution in [3.8, 4) is 0 Å². The Bertz CT molecular complexity index is 553. The van der Waals surface area contributed by atoms with Gasteiger partial charge in [0.1, 0.15) is 5.69 Å². The van der Waals surface area contributed by atoms with Gasteiger partial charge in [0.15, 0.2) is 11.6 Å². The van der Waals surface area contributed by atoms with Crippen molar-refractivity contribution in [2.45, 2.75) is 6.92 Å². The Morgan fingerprint density at radius 3 is 2.47 bits per heavy atom. The first-order chi connectivity index (χ1) is 8.09. The van der Waals surface area contributed by atoms with Gasteiger partial charge in [0.2, 0.25) is 0 Å². The standard InChI is InChI=1S/C13H12F2N2/c1-8-4-2-3-5-11(8)17-13-10(16)7-6-9(14)12(13)15/h2-7,17H,16H2,1H3. The third-order valence-electron chi connectivity index (χ3n) is 2.53. The summed E-state index contributed by atoms with van der Waals surface area (Å²) in [6.45, 7) is 1.87. The normalized spacial score (nSPS) is 10.3. The summed E-state index contributed by atoms with van der Waals surface area (Å²) in [6.07, 6.45) is 0. The van der Waals surface area contributed by atoms with E-state index in [1.165, 1.54) is 6.07 Å². The molecular formula is C13H12F2N2. The van der Waals surface area contributed by atoms with Gasteiger partial charge >= 0.3 is 0 Å². The van der Waals surface area contributed by atoms with Crippen LogP contribution in [0.15, 0.2) is 36.4 Å². The maximum absolute atomic E-state index is 13.6. The summed E-state index contributed by atoms with van der Waals surface area (Å²) >= 11 is 0. The van der Waals surface area contributed by atoms with Crippen LogP contribution in [0.2, 0.25) is 0 Å². The number of aryl methyl sites for hydroxylation is 1. The third kappa shape index (κ3) is 2.20. The number of hydrogen-bond acceptors (Lipinski definition) is 2. The molecule has 0 radical (unpaired) electrons. The Labute approximate surface area is 98.1 Å². The summed E-state index contributed by atoms with van der Waals surface area (Å²) in [5.41, 5.74) is 7.39. The van der Waals surface area contributed by atoms with E-state index in [-0.39, 0.29) is 11.4 Å². The lowest BCUT2D eigenvalue weighted by molar-refractivity contribution is 0.512. The van der Waals surface area contributed by atoms with E-state index in [1.54, 1.807) is 6.07 Å². The summed E-state index contributed by atoms with van der Waals surface area (Å²) in [6, 6.07) is 9.66. The predicted octanol–water partition coefficient (Wildman–Crippen LogP) is 3.60. The summed E-state index contributed by atoms with van der Waals surface area (Å²) in [7, 11) is 0. The zero-order chi connectivity index (χ0) is 12.4. The van der Waals surface area contributed by atoms with E-state index in [0.717, 1.165) is 11.6 Å². The molecule has 88 valence electrons. The van der Waals surface area contributed by atoms with Crippen LogP contribution in [0.5, 0.6) is 0 Å². The number of hydrogen-bond donors (Lipinski definition) is 2. The van der Waals surface area contributed by atoms with Crippen molar-refractivity contribution in [3.05, 3.63) is 53.6 Å².